The van der Waals surface area contributed by atoms with Crippen molar-refractivity contribution in [2.24, 2.45) is 0 Å². The number of likely N-dealkylation sites (N-methyl/N-ethyl adjacent to an activating group) is 1. The Bertz CT molecular complexity index is 533. The number of aliphatic hydroxyl groups is 1. The molecule has 0 spiro atoms. The van der Waals surface area contributed by atoms with Gasteiger partial charge in [-0.1, -0.05) is 6.07 Å². The van der Waals surface area contributed by atoms with E-state index in [4.69, 9.17) is 5.11 Å². The molecule has 1 heterocycles. The van der Waals surface area contributed by atoms with Crippen molar-refractivity contribution in [3.05, 3.63) is 29.3 Å². The van der Waals surface area contributed by atoms with E-state index in [1.54, 1.807) is 12.1 Å². The lowest BCUT2D eigenvalue weighted by Gasteiger charge is -2.19. The molecule has 1 aliphatic rings. The van der Waals surface area contributed by atoms with Crippen molar-refractivity contribution in [3.8, 4) is 0 Å². The predicted octanol–water partition coefficient (Wildman–Crippen LogP) is -0.0244. The smallest absolute Gasteiger partial charge is 0.319 e. The van der Waals surface area contributed by atoms with Crippen LogP contribution in [-0.4, -0.2) is 55.2 Å². The van der Waals surface area contributed by atoms with Gasteiger partial charge < -0.3 is 26.0 Å². The summed E-state index contributed by atoms with van der Waals surface area (Å²) in [5.74, 6) is -0.178. The first-order valence-electron chi connectivity index (χ1n) is 6.85. The average Bonchev–Trinajstić information content (AvgIpc) is 2.46. The number of hydrogen-bond donors (Lipinski definition) is 4. The van der Waals surface area contributed by atoms with Crippen LogP contribution in [0.5, 0.6) is 0 Å². The second kappa shape index (κ2) is 7.05. The number of carbonyl (C=O) groups is 2. The molecule has 2 rings (SSSR count). The number of hydrogen-bond acceptors (Lipinski definition) is 4. The number of nitrogens with zero attached hydrogens (tertiary/aromatic N) is 1. The Kier molecular flexibility index (Phi) is 5.13. The van der Waals surface area contributed by atoms with Gasteiger partial charge in [-0.3, -0.25) is 4.79 Å². The van der Waals surface area contributed by atoms with Gasteiger partial charge in [-0.25, -0.2) is 4.79 Å². The lowest BCUT2D eigenvalue weighted by atomic mass is 10.1. The molecule has 1 aliphatic heterocycles. The van der Waals surface area contributed by atoms with Gasteiger partial charge >= 0.3 is 6.03 Å². The third-order valence-corrected chi connectivity index (χ3v) is 3.32. The predicted molar refractivity (Wildman–Crippen MR) is 79.2 cm³/mol. The highest BCUT2D eigenvalue weighted by Crippen LogP contribution is 2.20. The standard InChI is InChI=1S/C14H20N4O3/c1-18(6-7-19)5-4-15-13(20)10-2-3-11-9-16-14(21)17-12(11)8-10/h2-3,8,19H,4-7,9H2,1H3,(H,15,20)(H2,16,17,21). The molecule has 7 heteroatoms. The van der Waals surface area contributed by atoms with Gasteiger partial charge in [0.2, 0.25) is 0 Å². The Morgan fingerprint density at radius 2 is 2.24 bits per heavy atom. The number of urea groups is 1. The quantitative estimate of drug-likeness (QED) is 0.592. The van der Waals surface area contributed by atoms with E-state index in [1.165, 1.54) is 0 Å². The topological polar surface area (TPSA) is 93.7 Å². The first-order valence-corrected chi connectivity index (χ1v) is 6.85. The lowest BCUT2D eigenvalue weighted by molar-refractivity contribution is 0.0949. The van der Waals surface area contributed by atoms with Crippen molar-refractivity contribution in [2.45, 2.75) is 6.54 Å². The molecule has 7 nitrogen and oxygen atoms in total. The Balaban J connectivity index is 1.91. The van der Waals surface area contributed by atoms with Gasteiger partial charge in [-0.15, -0.1) is 0 Å². The summed E-state index contributed by atoms with van der Waals surface area (Å²) < 4.78 is 0. The normalized spacial score (nSPS) is 13.4. The molecule has 114 valence electrons. The van der Waals surface area contributed by atoms with Crippen LogP contribution in [0, 0.1) is 0 Å². The molecule has 1 aromatic carbocycles. The molecule has 0 atom stereocenters. The summed E-state index contributed by atoms with van der Waals surface area (Å²) in [5, 5.41) is 17.0. The molecular formula is C14H20N4O3. The van der Waals surface area contributed by atoms with Crippen LogP contribution in [0.25, 0.3) is 0 Å². The number of rotatable bonds is 6. The fourth-order valence-electron chi connectivity index (χ4n) is 2.08. The Hall–Kier alpha value is -2.12. The van der Waals surface area contributed by atoms with E-state index in [-0.39, 0.29) is 18.5 Å². The zero-order valence-corrected chi connectivity index (χ0v) is 12.0. The highest BCUT2D eigenvalue weighted by molar-refractivity contribution is 5.98. The summed E-state index contributed by atoms with van der Waals surface area (Å²) in [5.41, 5.74) is 2.14. The van der Waals surface area contributed by atoms with Crippen molar-refractivity contribution >= 4 is 17.6 Å². The third-order valence-electron chi connectivity index (χ3n) is 3.32. The van der Waals surface area contributed by atoms with Crippen LogP contribution in [-0.2, 0) is 6.54 Å². The zero-order valence-electron chi connectivity index (χ0n) is 12.0. The first-order chi connectivity index (χ1) is 10.1. The highest BCUT2D eigenvalue weighted by atomic mass is 16.3. The summed E-state index contributed by atoms with van der Waals surface area (Å²) in [6.07, 6.45) is 0. The molecule has 0 saturated heterocycles. The molecule has 0 fully saturated rings. The fourth-order valence-corrected chi connectivity index (χ4v) is 2.08. The molecule has 0 aliphatic carbocycles. The lowest BCUT2D eigenvalue weighted by Crippen LogP contribution is -2.35. The molecular weight excluding hydrogens is 272 g/mol. The van der Waals surface area contributed by atoms with Crippen LogP contribution in [0.4, 0.5) is 10.5 Å². The van der Waals surface area contributed by atoms with Gasteiger partial charge in [0.15, 0.2) is 0 Å². The van der Waals surface area contributed by atoms with Crippen LogP contribution in [0.15, 0.2) is 18.2 Å². The maximum atomic E-state index is 12.0. The van der Waals surface area contributed by atoms with Crippen LogP contribution < -0.4 is 16.0 Å². The minimum Gasteiger partial charge on any atom is -0.395 e. The van der Waals surface area contributed by atoms with Gasteiger partial charge in [0.1, 0.15) is 0 Å². The van der Waals surface area contributed by atoms with Gasteiger partial charge in [-0.05, 0) is 24.7 Å². The number of amides is 3. The van der Waals surface area contributed by atoms with E-state index in [0.717, 1.165) is 5.56 Å². The van der Waals surface area contributed by atoms with Crippen LogP contribution in [0.1, 0.15) is 15.9 Å². The summed E-state index contributed by atoms with van der Waals surface area (Å²) in [4.78, 5) is 25.2. The number of anilines is 1. The van der Waals surface area contributed by atoms with Gasteiger partial charge in [0.05, 0.1) is 6.61 Å². The maximum Gasteiger partial charge on any atom is 0.319 e. The summed E-state index contributed by atoms with van der Waals surface area (Å²) >= 11 is 0. The minimum atomic E-state index is -0.259. The molecule has 0 unspecified atom stereocenters. The largest absolute Gasteiger partial charge is 0.395 e. The van der Waals surface area contributed by atoms with E-state index in [1.807, 2.05) is 18.0 Å². The maximum absolute atomic E-state index is 12.0. The molecule has 3 amide bonds. The summed E-state index contributed by atoms with van der Waals surface area (Å²) in [6, 6.07) is 4.99. The highest BCUT2D eigenvalue weighted by Gasteiger charge is 2.15. The van der Waals surface area contributed by atoms with Crippen molar-refractivity contribution in [2.75, 3.05) is 38.6 Å². The van der Waals surface area contributed by atoms with Crippen LogP contribution >= 0.6 is 0 Å². The monoisotopic (exact) mass is 292 g/mol. The molecule has 4 N–H and O–H groups in total. The second-order valence-electron chi connectivity index (χ2n) is 4.96. The van der Waals surface area contributed by atoms with Crippen molar-refractivity contribution in [1.29, 1.82) is 0 Å². The molecule has 0 aromatic heterocycles. The molecule has 21 heavy (non-hydrogen) atoms. The minimum absolute atomic E-state index is 0.100. The van der Waals surface area contributed by atoms with Gasteiger partial charge in [0.25, 0.3) is 5.91 Å². The van der Waals surface area contributed by atoms with E-state index in [2.05, 4.69) is 16.0 Å². The average molecular weight is 292 g/mol. The van der Waals surface area contributed by atoms with E-state index in [9.17, 15) is 9.59 Å². The van der Waals surface area contributed by atoms with E-state index in [0.29, 0.717) is 37.4 Å². The second-order valence-corrected chi connectivity index (χ2v) is 4.96. The van der Waals surface area contributed by atoms with Gasteiger partial charge in [-0.2, -0.15) is 0 Å². The molecule has 0 radical (unpaired) electrons. The van der Waals surface area contributed by atoms with Crippen LogP contribution in [0.2, 0.25) is 0 Å². The molecule has 0 bridgehead atoms. The number of nitrogens with one attached hydrogen (secondary N) is 3. The first kappa shape index (κ1) is 15.3. The van der Waals surface area contributed by atoms with E-state index >= 15 is 0 Å². The number of fused-ring (bicyclic) bond motifs is 1. The Morgan fingerprint density at radius 3 is 3.00 bits per heavy atom. The fraction of sp³-hybridized carbons (Fsp3) is 0.429. The third kappa shape index (κ3) is 4.17. The van der Waals surface area contributed by atoms with E-state index < -0.39 is 0 Å². The Labute approximate surface area is 123 Å². The van der Waals surface area contributed by atoms with Crippen molar-refractivity contribution in [1.82, 2.24) is 15.5 Å². The van der Waals surface area contributed by atoms with Crippen molar-refractivity contribution in [3.63, 3.8) is 0 Å². The number of benzene rings is 1. The number of aliphatic hydroxyl groups excluding tert-OH is 1. The molecule has 1 aromatic rings. The zero-order chi connectivity index (χ0) is 15.2. The number of carbonyl (C=O) groups excluding carboxylic acids is 2. The van der Waals surface area contributed by atoms with Crippen molar-refractivity contribution < 1.29 is 14.7 Å². The van der Waals surface area contributed by atoms with Crippen LogP contribution in [0.3, 0.4) is 0 Å². The van der Waals surface area contributed by atoms with Gasteiger partial charge in [0, 0.05) is 37.4 Å². The molecule has 0 saturated carbocycles. The Morgan fingerprint density at radius 1 is 1.43 bits per heavy atom. The SMILES string of the molecule is CN(CCO)CCNC(=O)c1ccc2c(c1)NC(=O)NC2. The summed E-state index contributed by atoms with van der Waals surface area (Å²) in [6.45, 7) is 2.31. The summed E-state index contributed by atoms with van der Waals surface area (Å²) in [7, 11) is 1.88.